The normalized spacial score (nSPS) is 14.6. The summed E-state index contributed by atoms with van der Waals surface area (Å²) < 4.78 is 33.2. The zero-order valence-corrected chi connectivity index (χ0v) is 28.7. The second-order valence-corrected chi connectivity index (χ2v) is 13.5. The van der Waals surface area contributed by atoms with Crippen LogP contribution in [0.4, 0.5) is 17.1 Å². The average Bonchev–Trinajstić information content (AvgIpc) is 3.56. The molecule has 1 aliphatic rings. The Morgan fingerprint density at radius 1 is 0.800 bits per heavy atom. The summed E-state index contributed by atoms with van der Waals surface area (Å²) >= 11 is 0. The molecule has 45 heavy (non-hydrogen) atoms. The molecule has 0 atom stereocenters. The van der Waals surface area contributed by atoms with Crippen LogP contribution in [0.1, 0.15) is 56.8 Å². The zero-order valence-electron chi connectivity index (χ0n) is 29.4. The van der Waals surface area contributed by atoms with Crippen molar-refractivity contribution in [3.63, 3.8) is 0 Å². The van der Waals surface area contributed by atoms with Gasteiger partial charge >= 0.3 is 21.1 Å². The number of nitrogens with zero attached hydrogens (tertiary/aromatic N) is 4. The summed E-state index contributed by atoms with van der Waals surface area (Å²) in [6, 6.07) is 35.2. The molecule has 3 heterocycles. The van der Waals surface area contributed by atoms with Crippen LogP contribution in [0.2, 0.25) is 0 Å². The predicted molar refractivity (Wildman–Crippen MR) is 182 cm³/mol. The number of fused-ring (bicyclic) bond motifs is 4. The first-order valence-electron chi connectivity index (χ1n) is 16.5. The Hall–Kier alpha value is -4.08. The van der Waals surface area contributed by atoms with Gasteiger partial charge in [-0.3, -0.25) is 0 Å². The maximum absolute atomic E-state index is 8.10. The summed E-state index contributed by atoms with van der Waals surface area (Å²) in [4.78, 5) is 8.22. The zero-order chi connectivity index (χ0) is 33.3. The van der Waals surface area contributed by atoms with Gasteiger partial charge in [-0.15, -0.1) is 35.2 Å². The molecule has 0 aliphatic carbocycles. The van der Waals surface area contributed by atoms with Crippen LogP contribution in [0, 0.1) is 12.1 Å². The minimum atomic E-state index is -2.27. The van der Waals surface area contributed by atoms with Crippen LogP contribution in [0.15, 0.2) is 91.1 Å². The maximum Gasteiger partial charge on any atom is 2.00 e. The molecule has 0 unspecified atom stereocenters. The first-order valence-corrected chi connectivity index (χ1v) is 15.0. The molecular weight excluding hydrogens is 736 g/mol. The molecule has 0 saturated carbocycles. The third kappa shape index (κ3) is 5.53. The van der Waals surface area contributed by atoms with E-state index in [0.717, 1.165) is 44.6 Å². The molecule has 0 fully saturated rings. The van der Waals surface area contributed by atoms with E-state index in [9.17, 15) is 0 Å². The van der Waals surface area contributed by atoms with Crippen LogP contribution in [-0.4, -0.2) is 23.2 Å². The Morgan fingerprint density at radius 2 is 1.56 bits per heavy atom. The van der Waals surface area contributed by atoms with E-state index < -0.39 is 6.98 Å². The number of ether oxygens (including phenoxy) is 1. The van der Waals surface area contributed by atoms with Gasteiger partial charge in [0, 0.05) is 34.3 Å². The summed E-state index contributed by atoms with van der Waals surface area (Å²) in [6.07, 6.45) is 1.88. The summed E-state index contributed by atoms with van der Waals surface area (Å²) in [5, 5.41) is 2.20. The number of aromatic nitrogens is 2. The molecule has 0 spiro atoms. The van der Waals surface area contributed by atoms with Crippen molar-refractivity contribution in [2.24, 2.45) is 0 Å². The third-order valence-corrected chi connectivity index (χ3v) is 8.33. The Bertz CT molecular complexity index is 2140. The summed E-state index contributed by atoms with van der Waals surface area (Å²) in [5.74, 6) is 1.96. The van der Waals surface area contributed by atoms with E-state index >= 15 is 0 Å². The summed E-state index contributed by atoms with van der Waals surface area (Å²) in [5.41, 5.74) is 6.06. The van der Waals surface area contributed by atoms with E-state index in [1.807, 2.05) is 53.6 Å². The van der Waals surface area contributed by atoms with Gasteiger partial charge in [-0.25, -0.2) is 4.98 Å². The third-order valence-electron chi connectivity index (χ3n) is 8.33. The van der Waals surface area contributed by atoms with Crippen molar-refractivity contribution in [1.82, 2.24) is 9.55 Å². The second-order valence-electron chi connectivity index (χ2n) is 13.5. The van der Waals surface area contributed by atoms with Gasteiger partial charge < -0.3 is 19.1 Å². The fraction of sp³-hybridized carbons (Fsp3) is 0.256. The molecule has 7 rings (SSSR count). The van der Waals surface area contributed by atoms with Gasteiger partial charge in [0.2, 0.25) is 0 Å². The Kier molecular flexibility index (Phi) is 6.89. The second kappa shape index (κ2) is 11.4. The van der Waals surface area contributed by atoms with Crippen LogP contribution in [0.25, 0.3) is 27.6 Å². The van der Waals surface area contributed by atoms with E-state index in [2.05, 4.69) is 101 Å². The fourth-order valence-electron chi connectivity index (χ4n) is 5.99. The fourth-order valence-corrected chi connectivity index (χ4v) is 5.99. The smallest absolute Gasteiger partial charge is 0.509 e. The first kappa shape index (κ1) is 27.2. The SMILES string of the molecule is [2H]C([2H])([2H])N1CN(c2[c-]c(Oc3[c-]c4c(cc3C(C)(C)C)c3ccccc3n4-c3cc(C(C)(C)C)ccn3)ccc2)c2ccccc21.[Pt+2]. The number of benzene rings is 4. The van der Waals surface area contributed by atoms with Crippen LogP contribution < -0.4 is 14.5 Å². The van der Waals surface area contributed by atoms with Gasteiger partial charge in [-0.2, -0.15) is 12.1 Å². The molecule has 0 radical (unpaired) electrons. The molecule has 0 saturated heterocycles. The number of rotatable bonds is 4. The molecular formula is C39H38N4OPt. The maximum atomic E-state index is 8.10. The molecule has 230 valence electrons. The van der Waals surface area contributed by atoms with Crippen LogP contribution in [0.5, 0.6) is 11.5 Å². The van der Waals surface area contributed by atoms with E-state index in [0.29, 0.717) is 17.2 Å². The van der Waals surface area contributed by atoms with Gasteiger partial charge in [0.05, 0.1) is 18.0 Å². The number of anilines is 3. The average molecular weight is 777 g/mol. The topological polar surface area (TPSA) is 33.5 Å². The molecule has 1 aliphatic heterocycles. The molecule has 4 aromatic carbocycles. The van der Waals surface area contributed by atoms with Crippen molar-refractivity contribution < 1.29 is 29.9 Å². The Labute approximate surface area is 284 Å². The van der Waals surface area contributed by atoms with Crippen LogP contribution in [0.3, 0.4) is 0 Å². The molecule has 0 N–H and O–H groups in total. The van der Waals surface area contributed by atoms with E-state index in [-0.39, 0.29) is 38.6 Å². The van der Waals surface area contributed by atoms with E-state index in [4.69, 9.17) is 13.8 Å². The number of para-hydroxylation sites is 3. The number of pyridine rings is 1. The van der Waals surface area contributed by atoms with Gasteiger partial charge in [0.25, 0.3) is 0 Å². The largest absolute Gasteiger partial charge is 2.00 e. The molecule has 5 nitrogen and oxygen atoms in total. The molecule has 0 bridgehead atoms. The number of hydrogen-bond donors (Lipinski definition) is 0. The van der Waals surface area contributed by atoms with E-state index in [1.165, 1.54) is 10.5 Å². The van der Waals surface area contributed by atoms with Crippen molar-refractivity contribution in [3.8, 4) is 17.3 Å². The van der Waals surface area contributed by atoms with Gasteiger partial charge in [-0.1, -0.05) is 88.5 Å². The first-order chi connectivity index (χ1) is 22.2. The van der Waals surface area contributed by atoms with Gasteiger partial charge in [-0.05, 0) is 46.7 Å². The minimum absolute atomic E-state index is 0. The van der Waals surface area contributed by atoms with Crippen molar-refractivity contribution >= 4 is 38.9 Å². The standard InChI is InChI=1S/C39H38N4O.Pt/c1-38(2,3)26-19-20-40-37(21-26)43-32-16-9-8-15-29(32)30-23-31(39(4,5)6)36(24-35(30)43)44-28-14-12-13-27(22-28)42-25-41(7)33-17-10-11-18-34(33)42;/h8-21,23H,25H2,1-7H3;/q-2;+2/i7D3;. The van der Waals surface area contributed by atoms with Crippen LogP contribution >= 0.6 is 0 Å². The predicted octanol–water partition coefficient (Wildman–Crippen LogP) is 9.71. The van der Waals surface area contributed by atoms with Crippen LogP contribution in [-0.2, 0) is 31.9 Å². The number of hydrogen-bond acceptors (Lipinski definition) is 4. The summed E-state index contributed by atoms with van der Waals surface area (Å²) in [6.45, 7) is 11.0. The quantitative estimate of drug-likeness (QED) is 0.167. The molecule has 0 amide bonds. The van der Waals surface area contributed by atoms with E-state index in [1.54, 1.807) is 0 Å². The van der Waals surface area contributed by atoms with Crippen molar-refractivity contribution in [2.45, 2.75) is 52.4 Å². The minimum Gasteiger partial charge on any atom is -0.509 e. The van der Waals surface area contributed by atoms with Gasteiger partial charge in [0.15, 0.2) is 0 Å². The Morgan fingerprint density at radius 3 is 2.31 bits per heavy atom. The summed E-state index contributed by atoms with van der Waals surface area (Å²) in [7, 11) is 0. The molecule has 6 aromatic rings. The van der Waals surface area contributed by atoms with Crippen molar-refractivity contribution in [2.75, 3.05) is 23.4 Å². The van der Waals surface area contributed by atoms with Crippen molar-refractivity contribution in [3.05, 3.63) is 114 Å². The molecule has 6 heteroatoms. The molecule has 2 aromatic heterocycles. The van der Waals surface area contributed by atoms with Crippen molar-refractivity contribution in [1.29, 1.82) is 0 Å². The monoisotopic (exact) mass is 776 g/mol. The Balaban J connectivity index is 0.00000401. The van der Waals surface area contributed by atoms with Gasteiger partial charge in [0.1, 0.15) is 5.82 Å².